The third-order valence-electron chi connectivity index (χ3n) is 6.53. The number of para-hydroxylation sites is 1. The van der Waals surface area contributed by atoms with E-state index in [0.717, 1.165) is 4.47 Å². The normalized spacial score (nSPS) is 19.3. The van der Waals surface area contributed by atoms with Crippen LogP contribution in [0.2, 0.25) is 0 Å². The highest BCUT2D eigenvalue weighted by molar-refractivity contribution is 9.10. The SMILES string of the molecule is CC(C)(C)OC(=O)N1CCC[C@H]1C(=O)Nc1ccccc1C(=O)N1CCC[C@H]1C(=O)Nc1ccc(Br)cc1. The molecular formula is C28H33BrN4O5. The van der Waals surface area contributed by atoms with Crippen molar-refractivity contribution in [3.05, 3.63) is 58.6 Å². The van der Waals surface area contributed by atoms with Crippen LogP contribution in [0.15, 0.2) is 53.0 Å². The van der Waals surface area contributed by atoms with E-state index < -0.39 is 23.8 Å². The highest BCUT2D eigenvalue weighted by Gasteiger charge is 2.38. The monoisotopic (exact) mass is 584 g/mol. The molecule has 2 fully saturated rings. The van der Waals surface area contributed by atoms with E-state index in [0.29, 0.717) is 55.7 Å². The van der Waals surface area contributed by atoms with E-state index in [-0.39, 0.29) is 17.7 Å². The molecule has 2 atom stereocenters. The molecule has 2 aromatic rings. The molecule has 4 rings (SSSR count). The number of hydrogen-bond donors (Lipinski definition) is 2. The van der Waals surface area contributed by atoms with Crippen molar-refractivity contribution in [2.24, 2.45) is 0 Å². The summed E-state index contributed by atoms with van der Waals surface area (Å²) in [5, 5.41) is 5.74. The summed E-state index contributed by atoms with van der Waals surface area (Å²) in [6.07, 6.45) is 1.91. The minimum absolute atomic E-state index is 0.251. The van der Waals surface area contributed by atoms with E-state index in [1.165, 1.54) is 4.90 Å². The number of hydrogen-bond acceptors (Lipinski definition) is 5. The number of carbonyl (C=O) groups is 4. The minimum atomic E-state index is -0.691. The van der Waals surface area contributed by atoms with Crippen LogP contribution in [0, 0.1) is 0 Å². The quantitative estimate of drug-likeness (QED) is 0.512. The fourth-order valence-electron chi connectivity index (χ4n) is 4.77. The number of rotatable bonds is 5. The number of halogens is 1. The molecule has 38 heavy (non-hydrogen) atoms. The predicted octanol–water partition coefficient (Wildman–Crippen LogP) is 5.03. The topological polar surface area (TPSA) is 108 Å². The third-order valence-corrected chi connectivity index (χ3v) is 7.06. The van der Waals surface area contributed by atoms with Gasteiger partial charge in [-0.05, 0) is 82.9 Å². The summed E-state index contributed by atoms with van der Waals surface area (Å²) in [6, 6.07) is 12.7. The highest BCUT2D eigenvalue weighted by Crippen LogP contribution is 2.27. The Morgan fingerprint density at radius 3 is 2.08 bits per heavy atom. The van der Waals surface area contributed by atoms with Gasteiger partial charge >= 0.3 is 6.09 Å². The fourth-order valence-corrected chi connectivity index (χ4v) is 5.03. The number of carbonyl (C=O) groups excluding carboxylic acids is 4. The van der Waals surface area contributed by atoms with Crippen LogP contribution in [0.25, 0.3) is 0 Å². The van der Waals surface area contributed by atoms with Crippen molar-refractivity contribution in [1.82, 2.24) is 9.80 Å². The lowest BCUT2D eigenvalue weighted by atomic mass is 10.1. The molecule has 4 amide bonds. The van der Waals surface area contributed by atoms with E-state index in [1.54, 1.807) is 62.1 Å². The van der Waals surface area contributed by atoms with Crippen molar-refractivity contribution in [1.29, 1.82) is 0 Å². The van der Waals surface area contributed by atoms with Crippen molar-refractivity contribution in [3.63, 3.8) is 0 Å². The molecule has 2 N–H and O–H groups in total. The molecule has 2 aromatic carbocycles. The average molecular weight is 585 g/mol. The van der Waals surface area contributed by atoms with Gasteiger partial charge in [-0.1, -0.05) is 28.1 Å². The molecule has 0 spiro atoms. The first-order valence-electron chi connectivity index (χ1n) is 12.8. The molecule has 2 aliphatic rings. The molecule has 2 heterocycles. The van der Waals surface area contributed by atoms with Gasteiger partial charge in [-0.25, -0.2) is 4.79 Å². The number of likely N-dealkylation sites (tertiary alicyclic amines) is 2. The summed E-state index contributed by atoms with van der Waals surface area (Å²) in [6.45, 7) is 6.21. The van der Waals surface area contributed by atoms with Crippen LogP contribution in [-0.4, -0.2) is 64.4 Å². The van der Waals surface area contributed by atoms with Crippen molar-refractivity contribution >= 4 is 51.1 Å². The van der Waals surface area contributed by atoms with Gasteiger partial charge in [-0.2, -0.15) is 0 Å². The number of benzene rings is 2. The second-order valence-electron chi connectivity index (χ2n) is 10.5. The van der Waals surface area contributed by atoms with E-state index in [9.17, 15) is 19.2 Å². The lowest BCUT2D eigenvalue weighted by Gasteiger charge is -2.28. The molecule has 9 nitrogen and oxygen atoms in total. The van der Waals surface area contributed by atoms with Gasteiger partial charge in [0.05, 0.1) is 11.3 Å². The molecule has 2 aliphatic heterocycles. The number of nitrogens with one attached hydrogen (secondary N) is 2. The molecule has 0 aromatic heterocycles. The highest BCUT2D eigenvalue weighted by atomic mass is 79.9. The Hall–Kier alpha value is -3.40. The van der Waals surface area contributed by atoms with E-state index >= 15 is 0 Å². The molecule has 202 valence electrons. The molecule has 2 saturated heterocycles. The number of nitrogens with zero attached hydrogens (tertiary/aromatic N) is 2. The zero-order valence-electron chi connectivity index (χ0n) is 21.8. The lowest BCUT2D eigenvalue weighted by Crippen LogP contribution is -2.46. The molecule has 0 saturated carbocycles. The van der Waals surface area contributed by atoms with Gasteiger partial charge in [0, 0.05) is 23.2 Å². The van der Waals surface area contributed by atoms with Crippen LogP contribution in [0.1, 0.15) is 56.8 Å². The van der Waals surface area contributed by atoms with Crippen LogP contribution in [0.3, 0.4) is 0 Å². The Bertz CT molecular complexity index is 1210. The minimum Gasteiger partial charge on any atom is -0.444 e. The van der Waals surface area contributed by atoms with Crippen molar-refractivity contribution in [2.45, 2.75) is 64.1 Å². The number of amides is 4. The van der Waals surface area contributed by atoms with Crippen LogP contribution < -0.4 is 10.6 Å². The largest absolute Gasteiger partial charge is 0.444 e. The maximum atomic E-state index is 13.6. The molecular weight excluding hydrogens is 552 g/mol. The standard InChI is InChI=1S/C28H33BrN4O5/c1-28(2,3)38-27(37)33-17-7-11-23(33)25(35)31-21-9-5-4-8-20(21)26(36)32-16-6-10-22(32)24(34)30-19-14-12-18(29)13-15-19/h4-5,8-9,12-15,22-23H,6-7,10-11,16-17H2,1-3H3,(H,30,34)(H,31,35)/t22-,23-/m0/s1. The molecule has 0 radical (unpaired) electrons. The van der Waals surface area contributed by atoms with Gasteiger partial charge in [-0.3, -0.25) is 19.3 Å². The first kappa shape index (κ1) is 27.6. The Balaban J connectivity index is 1.47. The number of anilines is 2. The fraction of sp³-hybridized carbons (Fsp3) is 0.429. The van der Waals surface area contributed by atoms with E-state index in [1.807, 2.05) is 12.1 Å². The van der Waals surface area contributed by atoms with E-state index in [4.69, 9.17) is 4.74 Å². The van der Waals surface area contributed by atoms with Crippen LogP contribution in [0.4, 0.5) is 16.2 Å². The van der Waals surface area contributed by atoms with Crippen LogP contribution in [0.5, 0.6) is 0 Å². The summed E-state index contributed by atoms with van der Waals surface area (Å²) in [4.78, 5) is 55.5. The lowest BCUT2D eigenvalue weighted by molar-refractivity contribution is -0.120. The van der Waals surface area contributed by atoms with Crippen molar-refractivity contribution in [2.75, 3.05) is 23.7 Å². The Morgan fingerprint density at radius 1 is 0.842 bits per heavy atom. The molecule has 10 heteroatoms. The second kappa shape index (κ2) is 11.6. The summed E-state index contributed by atoms with van der Waals surface area (Å²) in [5.41, 5.74) is 0.620. The predicted molar refractivity (Wildman–Crippen MR) is 148 cm³/mol. The van der Waals surface area contributed by atoms with Crippen LogP contribution in [-0.2, 0) is 14.3 Å². The Morgan fingerprint density at radius 2 is 1.42 bits per heavy atom. The van der Waals surface area contributed by atoms with Crippen LogP contribution >= 0.6 is 15.9 Å². The summed E-state index contributed by atoms with van der Waals surface area (Å²) in [7, 11) is 0. The molecule has 0 unspecified atom stereocenters. The maximum Gasteiger partial charge on any atom is 0.410 e. The van der Waals surface area contributed by atoms with Crippen molar-refractivity contribution < 1.29 is 23.9 Å². The van der Waals surface area contributed by atoms with Gasteiger partial charge in [0.25, 0.3) is 5.91 Å². The third kappa shape index (κ3) is 6.53. The zero-order chi connectivity index (χ0) is 27.4. The van der Waals surface area contributed by atoms with Gasteiger partial charge in [-0.15, -0.1) is 0 Å². The summed E-state index contributed by atoms with van der Waals surface area (Å²) in [5.74, 6) is -0.956. The van der Waals surface area contributed by atoms with E-state index in [2.05, 4.69) is 26.6 Å². The Kier molecular flexibility index (Phi) is 8.40. The Labute approximate surface area is 231 Å². The zero-order valence-corrected chi connectivity index (χ0v) is 23.4. The maximum absolute atomic E-state index is 13.6. The second-order valence-corrected chi connectivity index (χ2v) is 11.4. The summed E-state index contributed by atoms with van der Waals surface area (Å²) < 4.78 is 6.37. The molecule has 0 bridgehead atoms. The average Bonchev–Trinajstić information content (AvgIpc) is 3.55. The number of ether oxygens (including phenoxy) is 1. The first-order chi connectivity index (χ1) is 18.0. The summed E-state index contributed by atoms with van der Waals surface area (Å²) >= 11 is 3.38. The van der Waals surface area contributed by atoms with Gasteiger partial charge < -0.3 is 20.3 Å². The van der Waals surface area contributed by atoms with Crippen molar-refractivity contribution in [3.8, 4) is 0 Å². The first-order valence-corrected chi connectivity index (χ1v) is 13.6. The van der Waals surface area contributed by atoms with Gasteiger partial charge in [0.15, 0.2) is 0 Å². The van der Waals surface area contributed by atoms with Gasteiger partial charge in [0.1, 0.15) is 17.7 Å². The van der Waals surface area contributed by atoms with Gasteiger partial charge in [0.2, 0.25) is 11.8 Å². The smallest absolute Gasteiger partial charge is 0.410 e. The molecule has 0 aliphatic carbocycles.